The second-order valence-electron chi connectivity index (χ2n) is 6.57. The number of hydrogen-bond acceptors (Lipinski definition) is 6. The average Bonchev–Trinajstić information content (AvgIpc) is 3.19. The van der Waals surface area contributed by atoms with Crippen LogP contribution in [0, 0.1) is 18.6 Å². The molecule has 2 heterocycles. The van der Waals surface area contributed by atoms with Gasteiger partial charge in [-0.1, -0.05) is 13.3 Å². The van der Waals surface area contributed by atoms with Crippen LogP contribution in [0.2, 0.25) is 0 Å². The molecule has 2 aromatic heterocycles. The number of rotatable bonds is 8. The van der Waals surface area contributed by atoms with E-state index in [0.29, 0.717) is 11.3 Å². The highest BCUT2D eigenvalue weighted by Gasteiger charge is 2.11. The zero-order valence-electron chi connectivity index (χ0n) is 16.4. The Morgan fingerprint density at radius 3 is 2.57 bits per heavy atom. The molecule has 0 saturated heterocycles. The second kappa shape index (κ2) is 9.03. The minimum absolute atomic E-state index is 0.0391. The lowest BCUT2D eigenvalue weighted by molar-refractivity contribution is 0.268. The summed E-state index contributed by atoms with van der Waals surface area (Å²) in [6, 6.07) is 7.75. The molecule has 0 bridgehead atoms. The van der Waals surface area contributed by atoms with E-state index >= 15 is 0 Å². The van der Waals surface area contributed by atoms with Gasteiger partial charge >= 0.3 is 0 Å². The van der Waals surface area contributed by atoms with E-state index < -0.39 is 0 Å². The summed E-state index contributed by atoms with van der Waals surface area (Å²) < 4.78 is 4.40. The fourth-order valence-electron chi connectivity index (χ4n) is 2.99. The first-order valence-corrected chi connectivity index (χ1v) is 9.78. The molecule has 0 radical (unpaired) electrons. The molecule has 0 amide bonds. The first kappa shape index (κ1) is 20.1. The Balaban J connectivity index is 1.81. The van der Waals surface area contributed by atoms with E-state index in [1.165, 1.54) is 0 Å². The van der Waals surface area contributed by atoms with Crippen molar-refractivity contribution in [3.8, 4) is 11.4 Å². The van der Waals surface area contributed by atoms with Crippen LogP contribution in [-0.2, 0) is 13.1 Å². The Kier molecular flexibility index (Phi) is 6.48. The summed E-state index contributed by atoms with van der Waals surface area (Å²) >= 11 is 5.34. The maximum absolute atomic E-state index is 9.11. The Morgan fingerprint density at radius 2 is 1.89 bits per heavy atom. The van der Waals surface area contributed by atoms with E-state index in [1.54, 1.807) is 4.68 Å². The first-order valence-electron chi connectivity index (χ1n) is 9.37. The van der Waals surface area contributed by atoms with Crippen LogP contribution in [0.3, 0.4) is 0 Å². The predicted octanol–water partition coefficient (Wildman–Crippen LogP) is 4.63. The van der Waals surface area contributed by atoms with Crippen molar-refractivity contribution in [1.82, 2.24) is 24.5 Å². The van der Waals surface area contributed by atoms with Crippen molar-refractivity contribution in [1.29, 1.82) is 0 Å². The molecule has 0 aliphatic rings. The number of aromatic nitrogens is 5. The molecule has 0 aliphatic carbocycles. The fourth-order valence-corrected chi connectivity index (χ4v) is 3.21. The molecule has 0 saturated carbocycles. The molecule has 148 valence electrons. The van der Waals surface area contributed by atoms with E-state index in [1.807, 2.05) is 42.7 Å². The molecule has 0 unspecified atom stereocenters. The lowest BCUT2D eigenvalue weighted by Crippen LogP contribution is -2.05. The van der Waals surface area contributed by atoms with Crippen LogP contribution < -0.4 is 0 Å². The molecule has 0 aliphatic heterocycles. The number of unbranched alkanes of at least 4 members (excludes halogenated alkanes) is 1. The molecule has 28 heavy (non-hydrogen) atoms. The number of azo groups is 1. The minimum atomic E-state index is 0.0391. The number of aliphatic hydroxyl groups excluding tert-OH is 1. The largest absolute Gasteiger partial charge is 0.394 e. The minimum Gasteiger partial charge on any atom is -0.394 e. The van der Waals surface area contributed by atoms with E-state index in [0.717, 1.165) is 53.5 Å². The number of aryl methyl sites for hydroxylation is 1. The Hall–Kier alpha value is -2.65. The molecular formula is C19H25N7OS. The van der Waals surface area contributed by atoms with Gasteiger partial charge in [-0.25, -0.2) is 0 Å². The highest BCUT2D eigenvalue weighted by atomic mass is 32.1. The van der Waals surface area contributed by atoms with Gasteiger partial charge in [-0.3, -0.25) is 9.78 Å². The molecule has 9 heteroatoms. The number of aliphatic hydroxyl groups is 1. The standard InChI is InChI=1S/C19H25N7OS/c1-4-5-10-25-18(22-23-19(25)28)15-6-8-16(9-7-15)20-21-17-13(2)24-26(11-12-27)14(17)3/h6-9,27H,4-5,10-12H2,1-3H3,(H,23,28). The van der Waals surface area contributed by atoms with Gasteiger partial charge in [0.15, 0.2) is 10.6 Å². The second-order valence-corrected chi connectivity index (χ2v) is 6.96. The highest BCUT2D eigenvalue weighted by Crippen LogP contribution is 2.27. The van der Waals surface area contributed by atoms with Crippen molar-refractivity contribution in [2.75, 3.05) is 6.61 Å². The third kappa shape index (κ3) is 4.26. The number of aromatic amines is 1. The summed E-state index contributed by atoms with van der Waals surface area (Å²) in [6.45, 7) is 7.30. The molecule has 0 fully saturated rings. The summed E-state index contributed by atoms with van der Waals surface area (Å²) in [5.74, 6) is 0.832. The van der Waals surface area contributed by atoms with Crippen LogP contribution in [-0.4, -0.2) is 36.3 Å². The van der Waals surface area contributed by atoms with Crippen molar-refractivity contribution < 1.29 is 5.11 Å². The van der Waals surface area contributed by atoms with Gasteiger partial charge in [0.2, 0.25) is 0 Å². The number of hydrogen-bond donors (Lipinski definition) is 2. The maximum atomic E-state index is 9.11. The number of benzene rings is 1. The quantitative estimate of drug-likeness (QED) is 0.426. The maximum Gasteiger partial charge on any atom is 0.195 e. The zero-order valence-corrected chi connectivity index (χ0v) is 17.2. The topological polar surface area (TPSA) is 96.4 Å². The van der Waals surface area contributed by atoms with Crippen molar-refractivity contribution in [3.05, 3.63) is 40.4 Å². The Morgan fingerprint density at radius 1 is 1.14 bits per heavy atom. The average molecular weight is 400 g/mol. The first-order chi connectivity index (χ1) is 13.5. The van der Waals surface area contributed by atoms with E-state index in [9.17, 15) is 0 Å². The smallest absolute Gasteiger partial charge is 0.195 e. The van der Waals surface area contributed by atoms with Crippen LogP contribution in [0.4, 0.5) is 11.4 Å². The van der Waals surface area contributed by atoms with Gasteiger partial charge in [0.05, 0.1) is 30.2 Å². The molecule has 2 N–H and O–H groups in total. The third-order valence-electron chi connectivity index (χ3n) is 4.54. The number of nitrogens with zero attached hydrogens (tertiary/aromatic N) is 6. The van der Waals surface area contributed by atoms with Crippen molar-refractivity contribution in [2.24, 2.45) is 10.2 Å². The summed E-state index contributed by atoms with van der Waals surface area (Å²) in [6.07, 6.45) is 2.15. The molecule has 1 aromatic carbocycles. The van der Waals surface area contributed by atoms with Crippen molar-refractivity contribution in [3.63, 3.8) is 0 Å². The highest BCUT2D eigenvalue weighted by molar-refractivity contribution is 7.71. The van der Waals surface area contributed by atoms with Crippen LogP contribution in [0.15, 0.2) is 34.5 Å². The van der Waals surface area contributed by atoms with Crippen molar-refractivity contribution in [2.45, 2.75) is 46.7 Å². The van der Waals surface area contributed by atoms with Gasteiger partial charge in [0.25, 0.3) is 0 Å². The monoisotopic (exact) mass is 399 g/mol. The molecule has 3 aromatic rings. The van der Waals surface area contributed by atoms with Gasteiger partial charge in [0.1, 0.15) is 5.69 Å². The normalized spacial score (nSPS) is 11.6. The predicted molar refractivity (Wildman–Crippen MR) is 111 cm³/mol. The fraction of sp³-hybridized carbons (Fsp3) is 0.421. The Labute approximate surface area is 168 Å². The molecule has 8 nitrogen and oxygen atoms in total. The lowest BCUT2D eigenvalue weighted by Gasteiger charge is -2.06. The number of H-pyrrole nitrogens is 1. The summed E-state index contributed by atoms with van der Waals surface area (Å²) in [5.41, 5.74) is 4.13. The SMILES string of the molecule is CCCCn1c(-c2ccc(N=Nc3c(C)nn(CCO)c3C)cc2)n[nH]c1=S. The van der Waals surface area contributed by atoms with Crippen LogP contribution >= 0.6 is 12.2 Å². The molecule has 0 atom stereocenters. The molecule has 3 rings (SSSR count). The molecule has 0 spiro atoms. The lowest BCUT2D eigenvalue weighted by atomic mass is 10.2. The summed E-state index contributed by atoms with van der Waals surface area (Å²) in [5, 5.41) is 29.4. The van der Waals surface area contributed by atoms with Crippen molar-refractivity contribution >= 4 is 23.6 Å². The van der Waals surface area contributed by atoms with Gasteiger partial charge in [-0.05, 0) is 56.8 Å². The van der Waals surface area contributed by atoms with Crippen LogP contribution in [0.1, 0.15) is 31.2 Å². The van der Waals surface area contributed by atoms with Crippen LogP contribution in [0.5, 0.6) is 0 Å². The van der Waals surface area contributed by atoms with Gasteiger partial charge < -0.3 is 9.67 Å². The third-order valence-corrected chi connectivity index (χ3v) is 4.85. The van der Waals surface area contributed by atoms with Crippen LogP contribution in [0.25, 0.3) is 11.4 Å². The summed E-state index contributed by atoms with van der Waals surface area (Å²) in [7, 11) is 0. The number of nitrogens with one attached hydrogen (secondary N) is 1. The van der Waals surface area contributed by atoms with E-state index in [-0.39, 0.29) is 6.61 Å². The Bertz CT molecular complexity index is 1010. The van der Waals surface area contributed by atoms with E-state index in [4.69, 9.17) is 17.3 Å². The summed E-state index contributed by atoms with van der Waals surface area (Å²) in [4.78, 5) is 0. The van der Waals surface area contributed by atoms with Gasteiger partial charge in [-0.2, -0.15) is 15.3 Å². The molecular weight excluding hydrogens is 374 g/mol. The van der Waals surface area contributed by atoms with Gasteiger partial charge in [-0.15, -0.1) is 5.11 Å². The van der Waals surface area contributed by atoms with E-state index in [2.05, 4.69) is 32.4 Å². The van der Waals surface area contributed by atoms with Gasteiger partial charge in [0, 0.05) is 12.1 Å². The zero-order chi connectivity index (χ0) is 20.1.